The van der Waals surface area contributed by atoms with Gasteiger partial charge in [-0.15, -0.1) is 13.2 Å². The van der Waals surface area contributed by atoms with Crippen molar-refractivity contribution in [2.24, 2.45) is 0 Å². The Morgan fingerprint density at radius 2 is 1.70 bits per heavy atom. The van der Waals surface area contributed by atoms with Gasteiger partial charge in [0.15, 0.2) is 5.82 Å². The van der Waals surface area contributed by atoms with E-state index in [1.807, 2.05) is 6.07 Å². The Morgan fingerprint density at radius 3 is 2.33 bits per heavy atom. The monoisotopic (exact) mass is 466 g/mol. The van der Waals surface area contributed by atoms with Gasteiger partial charge in [0, 0.05) is 5.69 Å². The number of halogens is 3. The van der Waals surface area contributed by atoms with Crippen LogP contribution in [0.25, 0.3) is 0 Å². The molecule has 3 aromatic rings. The minimum Gasteiger partial charge on any atom is -0.492 e. The zero-order valence-corrected chi connectivity index (χ0v) is 16.7. The number of carbonyl (C=O) groups is 2. The number of para-hydroxylation sites is 1. The first-order valence-corrected chi connectivity index (χ1v) is 9.27. The standard InChI is InChI=1S/C20H17F3N4O6/c21-20(22,23)33-15-8-6-13(7-9-15)24-17(28)25-16-12-27(18(26-16)32-19(29)30)10-11-31-14-4-2-1-3-5-14/h1-9,12H,10-11H2,(H,29,30)(H2,24,25,28). The second-order valence-electron chi connectivity index (χ2n) is 6.28. The summed E-state index contributed by atoms with van der Waals surface area (Å²) in [7, 11) is 0. The maximum Gasteiger partial charge on any atom is 0.573 e. The number of anilines is 2. The number of nitrogens with one attached hydrogen (secondary N) is 2. The molecule has 0 bridgehead atoms. The van der Waals surface area contributed by atoms with Crippen molar-refractivity contribution in [1.29, 1.82) is 0 Å². The molecule has 0 fully saturated rings. The van der Waals surface area contributed by atoms with Gasteiger partial charge < -0.3 is 24.6 Å². The maximum atomic E-state index is 12.2. The highest BCUT2D eigenvalue weighted by Gasteiger charge is 2.31. The van der Waals surface area contributed by atoms with Gasteiger partial charge in [0.1, 0.15) is 18.1 Å². The van der Waals surface area contributed by atoms with Crippen molar-refractivity contribution in [3.8, 4) is 17.5 Å². The number of nitrogens with zero attached hydrogens (tertiary/aromatic N) is 2. The van der Waals surface area contributed by atoms with E-state index >= 15 is 0 Å². The zero-order chi connectivity index (χ0) is 23.8. The van der Waals surface area contributed by atoms with Crippen molar-refractivity contribution in [2.75, 3.05) is 17.2 Å². The summed E-state index contributed by atoms with van der Waals surface area (Å²) in [6.07, 6.45) is -5.08. The highest BCUT2D eigenvalue weighted by molar-refractivity contribution is 5.99. The molecule has 13 heteroatoms. The first kappa shape index (κ1) is 23.2. The summed E-state index contributed by atoms with van der Waals surface area (Å²) < 4.78 is 51.9. The van der Waals surface area contributed by atoms with Gasteiger partial charge in [0.2, 0.25) is 0 Å². The van der Waals surface area contributed by atoms with Gasteiger partial charge in [0.05, 0.1) is 12.7 Å². The molecular formula is C20H17F3N4O6. The van der Waals surface area contributed by atoms with Crippen LogP contribution in [0, 0.1) is 0 Å². The van der Waals surface area contributed by atoms with Gasteiger partial charge in [-0.1, -0.05) is 18.2 Å². The van der Waals surface area contributed by atoms with Crippen LogP contribution < -0.4 is 24.8 Å². The van der Waals surface area contributed by atoms with Gasteiger partial charge in [-0.2, -0.15) is 4.98 Å². The molecular weight excluding hydrogens is 449 g/mol. The Bertz CT molecular complexity index is 1090. The summed E-state index contributed by atoms with van der Waals surface area (Å²) >= 11 is 0. The number of hydrogen-bond acceptors (Lipinski definition) is 6. The van der Waals surface area contributed by atoms with E-state index in [0.29, 0.717) is 5.75 Å². The van der Waals surface area contributed by atoms with Crippen LogP contribution in [0.5, 0.6) is 17.5 Å². The van der Waals surface area contributed by atoms with Gasteiger partial charge >= 0.3 is 24.6 Å². The molecule has 0 spiro atoms. The number of alkyl halides is 3. The van der Waals surface area contributed by atoms with E-state index < -0.39 is 24.3 Å². The summed E-state index contributed by atoms with van der Waals surface area (Å²) in [6.45, 7) is 0.322. The van der Waals surface area contributed by atoms with Crippen LogP contribution in [0.15, 0.2) is 60.8 Å². The summed E-state index contributed by atoms with van der Waals surface area (Å²) in [5, 5.41) is 13.7. The first-order chi connectivity index (χ1) is 15.7. The molecule has 174 valence electrons. The number of hydrogen-bond donors (Lipinski definition) is 3. The van der Waals surface area contributed by atoms with E-state index in [-0.39, 0.29) is 30.7 Å². The maximum absolute atomic E-state index is 12.2. The number of amides is 2. The van der Waals surface area contributed by atoms with Crippen LogP contribution in [0.4, 0.5) is 34.3 Å². The van der Waals surface area contributed by atoms with Crippen molar-refractivity contribution in [2.45, 2.75) is 12.9 Å². The predicted octanol–water partition coefficient (Wildman–Crippen LogP) is 4.56. The molecule has 0 aliphatic rings. The fourth-order valence-corrected chi connectivity index (χ4v) is 2.58. The van der Waals surface area contributed by atoms with E-state index in [4.69, 9.17) is 9.84 Å². The molecule has 0 aliphatic carbocycles. The molecule has 2 aromatic carbocycles. The molecule has 1 aromatic heterocycles. The number of imidazole rings is 1. The molecule has 3 N–H and O–H groups in total. The predicted molar refractivity (Wildman–Crippen MR) is 109 cm³/mol. The molecule has 0 radical (unpaired) electrons. The van der Waals surface area contributed by atoms with Gasteiger partial charge in [0.25, 0.3) is 0 Å². The van der Waals surface area contributed by atoms with Crippen molar-refractivity contribution in [3.05, 3.63) is 60.8 Å². The van der Waals surface area contributed by atoms with Crippen LogP contribution in [0.2, 0.25) is 0 Å². The Balaban J connectivity index is 1.59. The summed E-state index contributed by atoms with van der Waals surface area (Å²) in [6, 6.07) is 12.3. The summed E-state index contributed by atoms with van der Waals surface area (Å²) in [5.74, 6) is 0.142. The minimum atomic E-state index is -4.83. The number of aromatic nitrogens is 2. The number of carbonyl (C=O) groups excluding carboxylic acids is 1. The molecule has 1 heterocycles. The van der Waals surface area contributed by atoms with Crippen LogP contribution in [0.3, 0.4) is 0 Å². The smallest absolute Gasteiger partial charge is 0.492 e. The van der Waals surface area contributed by atoms with Crippen molar-refractivity contribution >= 4 is 23.7 Å². The number of benzene rings is 2. The van der Waals surface area contributed by atoms with E-state index in [2.05, 4.69) is 25.1 Å². The third kappa shape index (κ3) is 7.65. The normalized spacial score (nSPS) is 10.9. The fraction of sp³-hybridized carbons (Fsp3) is 0.150. The Kier molecular flexibility index (Phi) is 7.23. The largest absolute Gasteiger partial charge is 0.573 e. The molecule has 0 aliphatic heterocycles. The van der Waals surface area contributed by atoms with Crippen LogP contribution in [0.1, 0.15) is 0 Å². The Morgan fingerprint density at radius 1 is 1.00 bits per heavy atom. The second-order valence-corrected chi connectivity index (χ2v) is 6.28. The molecule has 0 unspecified atom stereocenters. The number of carboxylic acid groups (broad SMARTS) is 1. The summed E-state index contributed by atoms with van der Waals surface area (Å²) in [5.41, 5.74) is 0.180. The fourth-order valence-electron chi connectivity index (χ4n) is 2.58. The third-order valence-electron chi connectivity index (χ3n) is 3.85. The van der Waals surface area contributed by atoms with Crippen LogP contribution >= 0.6 is 0 Å². The van der Waals surface area contributed by atoms with E-state index in [0.717, 1.165) is 12.1 Å². The highest BCUT2D eigenvalue weighted by Crippen LogP contribution is 2.24. The van der Waals surface area contributed by atoms with E-state index in [9.17, 15) is 22.8 Å². The molecule has 0 saturated heterocycles. The SMILES string of the molecule is O=C(Nc1ccc(OC(F)(F)F)cc1)Nc1cn(CCOc2ccccc2)c(OC(=O)O)n1. The topological polar surface area (TPSA) is 124 Å². The molecule has 10 nitrogen and oxygen atoms in total. The van der Waals surface area contributed by atoms with Gasteiger partial charge in [-0.05, 0) is 36.4 Å². The minimum absolute atomic E-state index is 0.0273. The number of ether oxygens (including phenoxy) is 3. The van der Waals surface area contributed by atoms with Gasteiger partial charge in [-0.3, -0.25) is 9.88 Å². The lowest BCUT2D eigenvalue weighted by atomic mass is 10.3. The lowest BCUT2D eigenvalue weighted by Gasteiger charge is -2.10. The van der Waals surface area contributed by atoms with Crippen LogP contribution in [-0.4, -0.2) is 39.8 Å². The average molecular weight is 466 g/mol. The number of urea groups is 1. The molecule has 33 heavy (non-hydrogen) atoms. The quantitative estimate of drug-likeness (QED) is 0.416. The molecule has 0 atom stereocenters. The zero-order valence-electron chi connectivity index (χ0n) is 16.7. The summed E-state index contributed by atoms with van der Waals surface area (Å²) in [4.78, 5) is 27.0. The lowest BCUT2D eigenvalue weighted by Crippen LogP contribution is -2.20. The van der Waals surface area contributed by atoms with Gasteiger partial charge in [-0.25, -0.2) is 9.59 Å². The van der Waals surface area contributed by atoms with Crippen molar-refractivity contribution < 1.29 is 42.1 Å². The third-order valence-corrected chi connectivity index (χ3v) is 3.85. The Hall–Kier alpha value is -4.42. The Labute approximate surface area is 184 Å². The lowest BCUT2D eigenvalue weighted by molar-refractivity contribution is -0.274. The number of rotatable bonds is 8. The molecule has 0 saturated carbocycles. The second kappa shape index (κ2) is 10.3. The van der Waals surface area contributed by atoms with Crippen LogP contribution in [-0.2, 0) is 6.54 Å². The van der Waals surface area contributed by atoms with E-state index in [1.165, 1.54) is 22.9 Å². The molecule has 2 amide bonds. The van der Waals surface area contributed by atoms with Crippen molar-refractivity contribution in [1.82, 2.24) is 9.55 Å². The molecule has 3 rings (SSSR count). The first-order valence-electron chi connectivity index (χ1n) is 9.27. The van der Waals surface area contributed by atoms with E-state index in [1.54, 1.807) is 24.3 Å². The van der Waals surface area contributed by atoms with Crippen molar-refractivity contribution in [3.63, 3.8) is 0 Å². The highest BCUT2D eigenvalue weighted by atomic mass is 19.4. The average Bonchev–Trinajstić information content (AvgIpc) is 3.09.